The van der Waals surface area contributed by atoms with Gasteiger partial charge < -0.3 is 0 Å². The second kappa shape index (κ2) is 5.57. The van der Waals surface area contributed by atoms with Crippen molar-refractivity contribution in [3.63, 3.8) is 0 Å². The predicted octanol–water partition coefficient (Wildman–Crippen LogP) is 7.06. The van der Waals surface area contributed by atoms with Gasteiger partial charge in [0.25, 0.3) is 0 Å². The van der Waals surface area contributed by atoms with Crippen LogP contribution >= 0.6 is 14.5 Å². The van der Waals surface area contributed by atoms with Gasteiger partial charge in [0.2, 0.25) is 0 Å². The van der Waals surface area contributed by atoms with Crippen LogP contribution < -0.4 is 0 Å². The highest BCUT2D eigenvalue weighted by atomic mass is 31.2. The van der Waals surface area contributed by atoms with Crippen molar-refractivity contribution in [2.75, 3.05) is 26.7 Å². The molecule has 0 amide bonds. The molecule has 1 spiro atoms. The quantitative estimate of drug-likeness (QED) is 0.393. The number of benzene rings is 2. The molecule has 3 heterocycles. The second-order valence-corrected chi connectivity index (χ2v) is 19.9. The highest BCUT2D eigenvalue weighted by molar-refractivity contribution is 7.84. The van der Waals surface area contributed by atoms with E-state index >= 15 is 0 Å². The topological polar surface area (TPSA) is 0 Å². The smallest absolute Gasteiger partial charge is 0.0620 e. The van der Waals surface area contributed by atoms with E-state index < -0.39 is 14.5 Å². The molecule has 0 aromatic heterocycles. The van der Waals surface area contributed by atoms with Gasteiger partial charge in [0.05, 0.1) is 37.9 Å². The second-order valence-electron chi connectivity index (χ2n) is 11.2. The summed E-state index contributed by atoms with van der Waals surface area (Å²) in [5.74, 6) is 0.777. The van der Waals surface area contributed by atoms with Crippen LogP contribution in [0.4, 0.5) is 0 Å². The van der Waals surface area contributed by atoms with E-state index in [4.69, 9.17) is 0 Å². The lowest BCUT2D eigenvalue weighted by Gasteiger charge is -2.43. The molecule has 0 radical (unpaired) electrons. The Morgan fingerprint density at radius 3 is 2.23 bits per heavy atom. The van der Waals surface area contributed by atoms with E-state index in [1.165, 1.54) is 25.7 Å². The van der Waals surface area contributed by atoms with Crippen LogP contribution in [-0.4, -0.2) is 43.1 Å². The fourth-order valence-electron chi connectivity index (χ4n) is 8.63. The maximum Gasteiger partial charge on any atom is 0.126 e. The van der Waals surface area contributed by atoms with E-state index in [2.05, 4.69) is 81.3 Å². The Kier molecular flexibility index (Phi) is 3.41. The van der Waals surface area contributed by atoms with Crippen molar-refractivity contribution in [3.05, 3.63) is 82.2 Å². The molecule has 2 aliphatic carbocycles. The Hall–Kier alpha value is -1.22. The molecule has 0 nitrogen and oxygen atoms in total. The van der Waals surface area contributed by atoms with Gasteiger partial charge in [0.15, 0.2) is 0 Å². The molecule has 3 aliphatic heterocycles. The van der Waals surface area contributed by atoms with Crippen LogP contribution in [0.3, 0.4) is 0 Å². The molecule has 0 saturated carbocycles. The maximum atomic E-state index is 2.83. The monoisotopic (exact) mass is 430 g/mol. The van der Waals surface area contributed by atoms with Crippen molar-refractivity contribution >= 4 is 25.7 Å². The zero-order valence-corrected chi connectivity index (χ0v) is 20.4. The molecule has 152 valence electrons. The molecule has 2 heteroatoms. The van der Waals surface area contributed by atoms with Gasteiger partial charge in [-0.15, -0.1) is 0 Å². The summed E-state index contributed by atoms with van der Waals surface area (Å²) in [5.41, 5.74) is 11.8. The summed E-state index contributed by atoms with van der Waals surface area (Å²) >= 11 is 0. The molecule has 0 N–H and O–H groups in total. The van der Waals surface area contributed by atoms with Gasteiger partial charge in [0, 0.05) is 32.1 Å². The van der Waals surface area contributed by atoms with Crippen LogP contribution in [0.1, 0.15) is 35.1 Å². The molecule has 1 saturated heterocycles. The van der Waals surface area contributed by atoms with Crippen molar-refractivity contribution in [2.24, 2.45) is 5.92 Å². The van der Waals surface area contributed by atoms with Gasteiger partial charge in [-0.2, -0.15) is 0 Å². The third-order valence-electron chi connectivity index (χ3n) is 9.87. The third-order valence-corrected chi connectivity index (χ3v) is 18.8. The first-order valence-electron chi connectivity index (χ1n) is 11.7. The van der Waals surface area contributed by atoms with Gasteiger partial charge >= 0.3 is 0 Å². The molecule has 5 aliphatic rings. The molecule has 2 aromatic rings. The summed E-state index contributed by atoms with van der Waals surface area (Å²) in [6.07, 6.45) is 8.08. The maximum absolute atomic E-state index is 2.83. The van der Waals surface area contributed by atoms with Crippen LogP contribution in [0, 0.1) is 5.92 Å². The molecule has 0 unspecified atom stereocenters. The van der Waals surface area contributed by atoms with E-state index in [-0.39, 0.29) is 0 Å². The number of rotatable bonds is 0. The first kappa shape index (κ1) is 18.4. The predicted molar refractivity (Wildman–Crippen MR) is 136 cm³/mol. The van der Waals surface area contributed by atoms with Crippen molar-refractivity contribution < 1.29 is 0 Å². The van der Waals surface area contributed by atoms with Crippen molar-refractivity contribution in [3.8, 4) is 0 Å². The van der Waals surface area contributed by atoms with Gasteiger partial charge in [-0.25, -0.2) is 0 Å². The first-order valence-corrected chi connectivity index (χ1v) is 17.2. The summed E-state index contributed by atoms with van der Waals surface area (Å²) in [6.45, 7) is 10.9. The molecule has 2 aromatic carbocycles. The third kappa shape index (κ3) is 1.82. The van der Waals surface area contributed by atoms with Gasteiger partial charge in [0.1, 0.15) is 16.5 Å². The Bertz CT molecular complexity index is 1180. The van der Waals surface area contributed by atoms with E-state index in [1.807, 2.05) is 10.9 Å². The number of allylic oxidation sites excluding steroid dienone is 4. The molecular weight excluding hydrogens is 398 g/mol. The summed E-state index contributed by atoms with van der Waals surface area (Å²) in [7, 11) is -2.20. The number of hydrogen-bond acceptors (Lipinski definition) is 0. The zero-order valence-electron chi connectivity index (χ0n) is 18.7. The van der Waals surface area contributed by atoms with E-state index in [1.54, 1.807) is 27.8 Å². The van der Waals surface area contributed by atoms with Crippen LogP contribution in [0.5, 0.6) is 0 Å². The summed E-state index contributed by atoms with van der Waals surface area (Å²) in [5, 5.41) is 2.35. The fraction of sp³-hybridized carbons (Fsp3) is 0.429. The summed E-state index contributed by atoms with van der Waals surface area (Å²) in [4.78, 5) is 0. The first-order chi connectivity index (χ1) is 14.4. The molecule has 30 heavy (non-hydrogen) atoms. The Balaban J connectivity index is 1.53. The lowest BCUT2D eigenvalue weighted by atomic mass is 9.64. The zero-order chi connectivity index (χ0) is 20.5. The van der Waals surface area contributed by atoms with Crippen molar-refractivity contribution in [1.82, 2.24) is 0 Å². The minimum absolute atomic E-state index is 0.426. The number of fused-ring (bicyclic) bond motifs is 8. The molecule has 1 fully saturated rings. The molecular formula is C28H32P2+2. The van der Waals surface area contributed by atoms with E-state index in [9.17, 15) is 0 Å². The van der Waals surface area contributed by atoms with Crippen LogP contribution in [-0.2, 0) is 12.8 Å². The summed E-state index contributed by atoms with van der Waals surface area (Å²) in [6, 6.07) is 18.8. The lowest BCUT2D eigenvalue weighted by molar-refractivity contribution is 0.501. The Morgan fingerprint density at radius 1 is 0.800 bits per heavy atom. The lowest BCUT2D eigenvalue weighted by Crippen LogP contribution is -2.42. The van der Waals surface area contributed by atoms with Crippen LogP contribution in [0.25, 0.3) is 11.1 Å². The minimum Gasteiger partial charge on any atom is -0.0620 e. The van der Waals surface area contributed by atoms with E-state index in [0.717, 1.165) is 17.2 Å². The van der Waals surface area contributed by atoms with Crippen LogP contribution in [0.2, 0.25) is 0 Å². The van der Waals surface area contributed by atoms with Gasteiger partial charge in [-0.3, -0.25) is 0 Å². The summed E-state index contributed by atoms with van der Waals surface area (Å²) < 4.78 is 0. The van der Waals surface area contributed by atoms with Gasteiger partial charge in [-0.05, 0) is 47.6 Å². The van der Waals surface area contributed by atoms with E-state index in [0.29, 0.717) is 5.16 Å². The highest BCUT2D eigenvalue weighted by Gasteiger charge is 2.83. The Labute approximate surface area is 182 Å². The molecule has 7 rings (SSSR count). The molecule has 4 atom stereocenters. The van der Waals surface area contributed by atoms with Crippen molar-refractivity contribution in [2.45, 2.75) is 42.2 Å². The number of hydrogen-bond donors (Lipinski definition) is 0. The highest BCUT2D eigenvalue weighted by Crippen LogP contribution is 2.94. The Morgan fingerprint density at radius 2 is 1.47 bits per heavy atom. The SMILES string of the molecule is C[P+]1(C)C2=C(c3ccccc3CC2)[C@@H]2[C@H]1[C@@H]1C=C3c4ccccc4CC[C@@]32[P+]1(C)C. The standard InChI is InChI=1S/C28H32P2/c1-29(2)23-14-13-18-9-6-8-12-21(18)25(23)26-27(29)24-17-22-20-11-7-5-10-19(20)15-16-28(22,26)30(24,3)4/h5-12,17,24,26-27H,13-16H2,1-4H3/q+2/t24-,26+,27+,28+/m0/s1. The molecule has 2 bridgehead atoms. The van der Waals surface area contributed by atoms with Gasteiger partial charge in [-0.1, -0.05) is 48.5 Å². The van der Waals surface area contributed by atoms with Crippen LogP contribution in [0.15, 0.2) is 59.9 Å². The number of aryl methyl sites for hydroxylation is 2. The fourth-order valence-corrected chi connectivity index (χ4v) is 19.2. The largest absolute Gasteiger partial charge is 0.126 e. The van der Waals surface area contributed by atoms with Crippen molar-refractivity contribution in [1.29, 1.82) is 0 Å². The minimum atomic E-state index is -1.10. The average molecular weight is 431 g/mol. The normalized spacial score (nSPS) is 35.9. The average Bonchev–Trinajstić information content (AvgIpc) is 3.22.